The lowest BCUT2D eigenvalue weighted by Crippen LogP contribution is -2.00. The molecular weight excluding hydrogens is 246 g/mol. The van der Waals surface area contributed by atoms with Crippen LogP contribution in [0.4, 0.5) is 11.4 Å². The largest absolute Gasteiger partial charge is 0.481 e. The summed E-state index contributed by atoms with van der Waals surface area (Å²) >= 11 is 0. The molecule has 1 heterocycles. The zero-order valence-electron chi connectivity index (χ0n) is 10.4. The van der Waals surface area contributed by atoms with Crippen molar-refractivity contribution in [2.45, 2.75) is 6.54 Å². The molecule has 19 heavy (non-hydrogen) atoms. The molecule has 6 nitrogen and oxygen atoms in total. The van der Waals surface area contributed by atoms with E-state index >= 15 is 0 Å². The molecule has 0 radical (unpaired) electrons. The van der Waals surface area contributed by atoms with Gasteiger partial charge in [0, 0.05) is 36.6 Å². The quantitative estimate of drug-likeness (QED) is 0.659. The van der Waals surface area contributed by atoms with E-state index in [-0.39, 0.29) is 5.69 Å². The lowest BCUT2D eigenvalue weighted by Gasteiger charge is -2.07. The fourth-order valence-corrected chi connectivity index (χ4v) is 1.57. The number of benzene rings is 1. The molecule has 0 amide bonds. The first-order chi connectivity index (χ1) is 9.19. The van der Waals surface area contributed by atoms with Crippen LogP contribution in [-0.2, 0) is 6.54 Å². The van der Waals surface area contributed by atoms with Gasteiger partial charge in [-0.05, 0) is 11.6 Å². The number of nitrogens with zero attached hydrogens (tertiary/aromatic N) is 2. The van der Waals surface area contributed by atoms with Crippen LogP contribution in [0.3, 0.4) is 0 Å². The highest BCUT2D eigenvalue weighted by Crippen LogP contribution is 2.16. The fourth-order valence-electron chi connectivity index (χ4n) is 1.57. The Hall–Kier alpha value is -2.63. The second kappa shape index (κ2) is 5.81. The molecule has 98 valence electrons. The third-order valence-electron chi connectivity index (χ3n) is 2.59. The Morgan fingerprint density at radius 3 is 2.68 bits per heavy atom. The summed E-state index contributed by atoms with van der Waals surface area (Å²) in [5.74, 6) is 0.536. The SMILES string of the molecule is COc1cc(NCc2ccc([N+](=O)[O-])cc2)ccn1. The molecule has 2 aromatic rings. The maximum absolute atomic E-state index is 10.5. The molecule has 0 saturated heterocycles. The van der Waals surface area contributed by atoms with E-state index in [0.717, 1.165) is 11.3 Å². The van der Waals surface area contributed by atoms with Gasteiger partial charge in [0.15, 0.2) is 0 Å². The van der Waals surface area contributed by atoms with Gasteiger partial charge in [0.25, 0.3) is 5.69 Å². The molecule has 0 fully saturated rings. The van der Waals surface area contributed by atoms with E-state index < -0.39 is 4.92 Å². The van der Waals surface area contributed by atoms with Gasteiger partial charge in [0.1, 0.15) is 0 Å². The first-order valence-electron chi connectivity index (χ1n) is 5.66. The number of nitrogens with one attached hydrogen (secondary N) is 1. The third kappa shape index (κ3) is 3.41. The highest BCUT2D eigenvalue weighted by atomic mass is 16.6. The summed E-state index contributed by atoms with van der Waals surface area (Å²) in [5, 5.41) is 13.7. The van der Waals surface area contributed by atoms with Crippen molar-refractivity contribution in [1.29, 1.82) is 0 Å². The van der Waals surface area contributed by atoms with Crippen LogP contribution in [0.15, 0.2) is 42.6 Å². The average Bonchev–Trinajstić information content (AvgIpc) is 2.46. The number of aromatic nitrogens is 1. The number of non-ortho nitro benzene ring substituents is 1. The second-order valence-electron chi connectivity index (χ2n) is 3.86. The van der Waals surface area contributed by atoms with E-state index in [1.54, 1.807) is 31.5 Å². The molecule has 2 rings (SSSR count). The van der Waals surface area contributed by atoms with E-state index in [4.69, 9.17) is 4.74 Å². The van der Waals surface area contributed by atoms with Gasteiger partial charge in [0.2, 0.25) is 5.88 Å². The van der Waals surface area contributed by atoms with Gasteiger partial charge in [-0.3, -0.25) is 10.1 Å². The molecule has 0 aliphatic heterocycles. The predicted molar refractivity (Wildman–Crippen MR) is 71.2 cm³/mol. The highest BCUT2D eigenvalue weighted by Gasteiger charge is 2.03. The molecule has 1 N–H and O–H groups in total. The van der Waals surface area contributed by atoms with Crippen molar-refractivity contribution in [1.82, 2.24) is 4.98 Å². The highest BCUT2D eigenvalue weighted by molar-refractivity contribution is 5.46. The molecule has 1 aromatic heterocycles. The smallest absolute Gasteiger partial charge is 0.269 e. The lowest BCUT2D eigenvalue weighted by molar-refractivity contribution is -0.384. The minimum absolute atomic E-state index is 0.0920. The van der Waals surface area contributed by atoms with Crippen molar-refractivity contribution >= 4 is 11.4 Å². The molecule has 0 atom stereocenters. The van der Waals surface area contributed by atoms with Gasteiger partial charge in [-0.15, -0.1) is 0 Å². The number of pyridine rings is 1. The van der Waals surface area contributed by atoms with Crippen LogP contribution in [0.1, 0.15) is 5.56 Å². The van der Waals surface area contributed by atoms with Crippen LogP contribution in [0, 0.1) is 10.1 Å². The van der Waals surface area contributed by atoms with Crippen molar-refractivity contribution < 1.29 is 9.66 Å². The molecule has 0 aliphatic carbocycles. The first kappa shape index (κ1) is 12.8. The van der Waals surface area contributed by atoms with Gasteiger partial charge < -0.3 is 10.1 Å². The van der Waals surface area contributed by atoms with E-state index in [1.165, 1.54) is 12.1 Å². The van der Waals surface area contributed by atoms with Crippen molar-refractivity contribution in [3.05, 3.63) is 58.3 Å². The number of hydrogen-bond acceptors (Lipinski definition) is 5. The molecule has 0 aliphatic rings. The summed E-state index contributed by atoms with van der Waals surface area (Å²) in [6.45, 7) is 0.575. The van der Waals surface area contributed by atoms with Crippen molar-refractivity contribution in [2.75, 3.05) is 12.4 Å². The summed E-state index contributed by atoms with van der Waals surface area (Å²) < 4.78 is 5.02. The molecule has 0 saturated carbocycles. The van der Waals surface area contributed by atoms with E-state index in [9.17, 15) is 10.1 Å². The summed E-state index contributed by atoms with van der Waals surface area (Å²) in [5.41, 5.74) is 1.93. The lowest BCUT2D eigenvalue weighted by atomic mass is 10.2. The van der Waals surface area contributed by atoms with Crippen LogP contribution < -0.4 is 10.1 Å². The monoisotopic (exact) mass is 259 g/mol. The minimum atomic E-state index is -0.412. The normalized spacial score (nSPS) is 9.95. The van der Waals surface area contributed by atoms with Crippen molar-refractivity contribution in [2.24, 2.45) is 0 Å². The molecule has 0 spiro atoms. The number of anilines is 1. The number of nitro groups is 1. The number of ether oxygens (including phenoxy) is 1. The van der Waals surface area contributed by atoms with E-state index in [1.807, 2.05) is 6.07 Å². The van der Waals surface area contributed by atoms with Gasteiger partial charge in [0.05, 0.1) is 12.0 Å². The standard InChI is InChI=1S/C13H13N3O3/c1-19-13-8-11(6-7-14-13)15-9-10-2-4-12(5-3-10)16(17)18/h2-8H,9H2,1H3,(H,14,15). The summed E-state index contributed by atoms with van der Waals surface area (Å²) in [7, 11) is 1.56. The molecule has 6 heteroatoms. The van der Waals surface area contributed by atoms with Crippen LogP contribution in [-0.4, -0.2) is 17.0 Å². The average molecular weight is 259 g/mol. The second-order valence-corrected chi connectivity index (χ2v) is 3.86. The molecule has 0 bridgehead atoms. The van der Waals surface area contributed by atoms with Crippen LogP contribution >= 0.6 is 0 Å². The van der Waals surface area contributed by atoms with Crippen LogP contribution in [0.5, 0.6) is 5.88 Å². The Kier molecular flexibility index (Phi) is 3.92. The van der Waals surface area contributed by atoms with Gasteiger partial charge in [-0.25, -0.2) is 4.98 Å². The minimum Gasteiger partial charge on any atom is -0.481 e. The maximum Gasteiger partial charge on any atom is 0.269 e. The Morgan fingerprint density at radius 1 is 1.32 bits per heavy atom. The zero-order valence-corrected chi connectivity index (χ0v) is 10.4. The Bertz CT molecular complexity index is 570. The van der Waals surface area contributed by atoms with E-state index in [0.29, 0.717) is 12.4 Å². The molecule has 0 unspecified atom stereocenters. The number of rotatable bonds is 5. The van der Waals surface area contributed by atoms with Crippen molar-refractivity contribution in [3.8, 4) is 5.88 Å². The predicted octanol–water partition coefficient (Wildman–Crippen LogP) is 2.61. The first-order valence-corrected chi connectivity index (χ1v) is 5.66. The topological polar surface area (TPSA) is 77.3 Å². The van der Waals surface area contributed by atoms with Gasteiger partial charge >= 0.3 is 0 Å². The Labute approximate surface area is 110 Å². The van der Waals surface area contributed by atoms with Crippen LogP contribution in [0.25, 0.3) is 0 Å². The Morgan fingerprint density at radius 2 is 2.05 bits per heavy atom. The van der Waals surface area contributed by atoms with Gasteiger partial charge in [-0.1, -0.05) is 12.1 Å². The van der Waals surface area contributed by atoms with Crippen LogP contribution in [0.2, 0.25) is 0 Å². The van der Waals surface area contributed by atoms with Crippen molar-refractivity contribution in [3.63, 3.8) is 0 Å². The molecular formula is C13H13N3O3. The summed E-state index contributed by atoms with van der Waals surface area (Å²) in [4.78, 5) is 14.1. The fraction of sp³-hybridized carbons (Fsp3) is 0.154. The number of nitro benzene ring substituents is 1. The zero-order chi connectivity index (χ0) is 13.7. The number of hydrogen-bond donors (Lipinski definition) is 1. The maximum atomic E-state index is 10.5. The summed E-state index contributed by atoms with van der Waals surface area (Å²) in [6.07, 6.45) is 1.65. The third-order valence-corrected chi connectivity index (χ3v) is 2.59. The summed E-state index contributed by atoms with van der Waals surface area (Å²) in [6, 6.07) is 10.0. The Balaban J connectivity index is 1.99. The number of methoxy groups -OCH3 is 1. The van der Waals surface area contributed by atoms with Gasteiger partial charge in [-0.2, -0.15) is 0 Å². The molecule has 1 aromatic carbocycles. The van der Waals surface area contributed by atoms with E-state index in [2.05, 4.69) is 10.3 Å².